The topological polar surface area (TPSA) is 388 Å². The molecule has 7 rings (SSSR count). The van der Waals surface area contributed by atoms with Gasteiger partial charge in [-0.3, -0.25) is 0 Å². The Morgan fingerprint density at radius 2 is 1.15 bits per heavy atom. The molecule has 366 valence electrons. The van der Waals surface area contributed by atoms with Crippen LogP contribution in [0.3, 0.4) is 0 Å². The number of aromatic nitrogens is 9. The fourth-order valence-corrected chi connectivity index (χ4v) is 8.16. The molecule has 3 aromatic heterocycles. The van der Waals surface area contributed by atoms with E-state index in [9.17, 15) is 56.2 Å². The molecular weight excluding hydrogens is 921 g/mol. The summed E-state index contributed by atoms with van der Waals surface area (Å²) in [6.07, 6.45) is -21.4. The minimum Gasteiger partial charge on any atom is -0.394 e. The molecule has 0 spiro atoms. The Labute approximate surface area is 378 Å². The highest BCUT2D eigenvalue weighted by Gasteiger charge is 2.58. The average Bonchev–Trinajstić information content (AvgIpc) is 4.11. The molecule has 0 aromatic carbocycles. The SMILES string of the molecule is CCOCc1cn(C[C@@H]2O[C@H](OCn3cc(C[C@H]4O[C@@H](OCc5cn(C[C@H]6O[C@@](CCl)(O[C@H]7O[C@H](CO)[C@H](Cl)[C@H](O)[C@H]7O)[C@@H](O)[C@@H]6O)nn5)[C@@H](O)[C@@H](O)[C@H]4O)nn3)[C@H](O)[C@H](O)[C@@H]2O)nn1. The smallest absolute Gasteiger partial charge is 0.214 e. The molecule has 3 aromatic rings. The van der Waals surface area contributed by atoms with E-state index < -0.39 is 128 Å². The van der Waals surface area contributed by atoms with E-state index in [1.54, 1.807) is 6.20 Å². The van der Waals surface area contributed by atoms with Crippen molar-refractivity contribution in [2.45, 2.75) is 162 Å². The fourth-order valence-electron chi connectivity index (χ4n) is 7.59. The molecule has 0 unspecified atom stereocenters. The van der Waals surface area contributed by atoms with Crippen LogP contribution in [0.25, 0.3) is 0 Å². The molecule has 30 heteroatoms. The summed E-state index contributed by atoms with van der Waals surface area (Å²) in [6, 6.07) is 0. The molecule has 0 saturated carbocycles. The molecule has 4 aliphatic rings. The van der Waals surface area contributed by atoms with Crippen molar-refractivity contribution in [1.29, 1.82) is 0 Å². The Hall–Kier alpha value is -2.76. The van der Waals surface area contributed by atoms with Crippen LogP contribution >= 0.6 is 23.2 Å². The second-order valence-electron chi connectivity index (χ2n) is 15.9. The predicted molar refractivity (Wildman–Crippen MR) is 207 cm³/mol. The Bertz CT molecular complexity index is 1960. The van der Waals surface area contributed by atoms with Gasteiger partial charge in [-0.05, 0) is 6.92 Å². The molecule has 28 nitrogen and oxygen atoms in total. The zero-order valence-corrected chi connectivity index (χ0v) is 36.0. The summed E-state index contributed by atoms with van der Waals surface area (Å²) in [4.78, 5) is 0. The second kappa shape index (κ2) is 21.7. The maximum absolute atomic E-state index is 10.9. The van der Waals surface area contributed by atoms with Crippen LogP contribution in [0.1, 0.15) is 24.0 Å². The van der Waals surface area contributed by atoms with Gasteiger partial charge in [0.15, 0.2) is 18.9 Å². The largest absolute Gasteiger partial charge is 0.394 e. The third-order valence-electron chi connectivity index (χ3n) is 11.3. The van der Waals surface area contributed by atoms with E-state index in [0.29, 0.717) is 12.3 Å². The molecule has 0 aliphatic carbocycles. The van der Waals surface area contributed by atoms with Crippen LogP contribution in [-0.2, 0) is 77.3 Å². The van der Waals surface area contributed by atoms with E-state index in [4.69, 9.17) is 61.1 Å². The number of alkyl halides is 2. The van der Waals surface area contributed by atoms with Gasteiger partial charge in [0.05, 0.1) is 74.6 Å². The first-order valence-corrected chi connectivity index (χ1v) is 21.4. The van der Waals surface area contributed by atoms with Gasteiger partial charge < -0.3 is 94.1 Å². The van der Waals surface area contributed by atoms with Crippen molar-refractivity contribution in [3.05, 3.63) is 35.7 Å². The number of ether oxygens (including phenoxy) is 8. The highest BCUT2D eigenvalue weighted by atomic mass is 35.5. The molecule has 0 bridgehead atoms. The van der Waals surface area contributed by atoms with Crippen LogP contribution in [0.5, 0.6) is 0 Å². The summed E-state index contributed by atoms with van der Waals surface area (Å²) in [5.74, 6) is -2.72. The Morgan fingerprint density at radius 1 is 0.615 bits per heavy atom. The molecular formula is C35H53Cl2N9O19. The third-order valence-corrected chi connectivity index (χ3v) is 12.2. The molecule has 4 fully saturated rings. The first-order valence-electron chi connectivity index (χ1n) is 20.5. The standard InChI is InChI=1S/C35H53Cl2N9O19/c1-2-58-10-15-5-44(41-39-15)7-18-23(49)27(53)30(56)33(62-18)60-13-46-4-14(38-43-46)3-17-22(48)26(52)29(55)32(61-17)59-11-16-6-45(42-40-16)8-19-24(50)31(57)35(12-36,64-19)65-34-28(54)25(51)21(37)20(9-47)63-34/h4-6,17-34,47-57H,2-3,7-13H2,1H3/t17-,18+,19-,20-,21+,22+,23-,24-,25+,26+,27-,28-,29+,30-,31+,32-,33+,34-,35+/m1/s1. The molecule has 7 heterocycles. The van der Waals surface area contributed by atoms with Crippen molar-refractivity contribution in [1.82, 2.24) is 45.0 Å². The second-order valence-corrected chi connectivity index (χ2v) is 16.7. The van der Waals surface area contributed by atoms with Crippen LogP contribution in [0.4, 0.5) is 0 Å². The predicted octanol–water partition coefficient (Wildman–Crippen LogP) is -6.83. The van der Waals surface area contributed by atoms with Gasteiger partial charge in [0.25, 0.3) is 0 Å². The van der Waals surface area contributed by atoms with E-state index in [2.05, 4.69) is 30.9 Å². The van der Waals surface area contributed by atoms with E-state index in [0.717, 1.165) is 0 Å². The van der Waals surface area contributed by atoms with E-state index >= 15 is 0 Å². The highest BCUT2D eigenvalue weighted by molar-refractivity contribution is 6.21. The van der Waals surface area contributed by atoms with Gasteiger partial charge in [0.1, 0.15) is 97.5 Å². The molecule has 0 radical (unpaired) electrons. The van der Waals surface area contributed by atoms with Gasteiger partial charge in [-0.25, -0.2) is 14.0 Å². The fraction of sp³-hybridized carbons (Fsp3) is 0.829. The minimum absolute atomic E-state index is 0.0325. The van der Waals surface area contributed by atoms with E-state index in [1.807, 2.05) is 6.92 Å². The number of hydrogen-bond donors (Lipinski definition) is 11. The third kappa shape index (κ3) is 11.1. The molecule has 0 amide bonds. The van der Waals surface area contributed by atoms with Gasteiger partial charge >= 0.3 is 0 Å². The quantitative estimate of drug-likeness (QED) is 0.0497. The van der Waals surface area contributed by atoms with Crippen molar-refractivity contribution < 1.29 is 94.1 Å². The van der Waals surface area contributed by atoms with Crippen molar-refractivity contribution in [3.8, 4) is 0 Å². The molecule has 19 atom stereocenters. The summed E-state index contributed by atoms with van der Waals surface area (Å²) < 4.78 is 49.2. The first-order chi connectivity index (χ1) is 31.1. The Morgan fingerprint density at radius 3 is 1.80 bits per heavy atom. The number of nitrogens with zero attached hydrogens (tertiary/aromatic N) is 9. The van der Waals surface area contributed by atoms with Crippen molar-refractivity contribution in [2.75, 3.05) is 19.1 Å². The normalized spacial score (nSPS) is 40.2. The number of aliphatic hydroxyl groups is 11. The van der Waals surface area contributed by atoms with Crippen LogP contribution in [-0.4, -0.2) is 236 Å². The zero-order valence-electron chi connectivity index (χ0n) is 34.5. The van der Waals surface area contributed by atoms with Gasteiger partial charge in [0, 0.05) is 13.0 Å². The molecule has 65 heavy (non-hydrogen) atoms. The Balaban J connectivity index is 0.899. The summed E-state index contributed by atoms with van der Waals surface area (Å²) in [5, 5.41) is 139. The highest BCUT2D eigenvalue weighted by Crippen LogP contribution is 2.38. The summed E-state index contributed by atoms with van der Waals surface area (Å²) >= 11 is 12.2. The molecule has 4 saturated heterocycles. The lowest BCUT2D eigenvalue weighted by Crippen LogP contribution is -2.61. The van der Waals surface area contributed by atoms with Crippen LogP contribution in [0, 0.1) is 0 Å². The van der Waals surface area contributed by atoms with Crippen LogP contribution < -0.4 is 0 Å². The van der Waals surface area contributed by atoms with Crippen molar-refractivity contribution in [2.24, 2.45) is 0 Å². The summed E-state index contributed by atoms with van der Waals surface area (Å²) in [5.41, 5.74) is 0.969. The minimum atomic E-state index is -2.15. The number of halogens is 2. The maximum Gasteiger partial charge on any atom is 0.214 e. The molecule has 4 aliphatic heterocycles. The number of hydrogen-bond acceptors (Lipinski definition) is 25. The number of aliphatic hydroxyl groups excluding tert-OH is 11. The first kappa shape index (κ1) is 50.1. The van der Waals surface area contributed by atoms with Crippen LogP contribution in [0.15, 0.2) is 18.6 Å². The molecule has 11 N–H and O–H groups in total. The van der Waals surface area contributed by atoms with Crippen LogP contribution in [0.2, 0.25) is 0 Å². The monoisotopic (exact) mass is 973 g/mol. The summed E-state index contributed by atoms with van der Waals surface area (Å²) in [6.45, 7) is 0.976. The van der Waals surface area contributed by atoms with Gasteiger partial charge in [0.2, 0.25) is 5.79 Å². The zero-order chi connectivity index (χ0) is 46.7. The lowest BCUT2D eigenvalue weighted by atomic mass is 9.96. The van der Waals surface area contributed by atoms with Crippen molar-refractivity contribution in [3.63, 3.8) is 0 Å². The van der Waals surface area contributed by atoms with E-state index in [1.165, 1.54) is 26.4 Å². The average molecular weight is 975 g/mol. The number of rotatable bonds is 19. The lowest BCUT2D eigenvalue weighted by Gasteiger charge is -2.43. The van der Waals surface area contributed by atoms with Gasteiger partial charge in [-0.1, -0.05) is 15.6 Å². The van der Waals surface area contributed by atoms with Crippen molar-refractivity contribution >= 4 is 23.2 Å². The summed E-state index contributed by atoms with van der Waals surface area (Å²) in [7, 11) is 0. The lowest BCUT2D eigenvalue weighted by molar-refractivity contribution is -0.358. The van der Waals surface area contributed by atoms with E-state index in [-0.39, 0.29) is 50.8 Å². The Kier molecular flexibility index (Phi) is 16.7. The van der Waals surface area contributed by atoms with Gasteiger partial charge in [-0.2, -0.15) is 0 Å². The van der Waals surface area contributed by atoms with Gasteiger partial charge in [-0.15, -0.1) is 38.5 Å². The maximum atomic E-state index is 10.9.